The molecule has 4 heteroatoms. The Morgan fingerprint density at radius 2 is 2.19 bits per heavy atom. The van der Waals surface area contributed by atoms with Gasteiger partial charge in [0.2, 0.25) is 0 Å². The number of amides is 1. The van der Waals surface area contributed by atoms with Gasteiger partial charge in [-0.25, -0.2) is 0 Å². The Morgan fingerprint density at radius 1 is 1.50 bits per heavy atom. The molecule has 0 spiro atoms. The maximum atomic E-state index is 12.1. The number of nitrogens with zero attached hydrogens (tertiary/aromatic N) is 1. The third-order valence-electron chi connectivity index (χ3n) is 2.93. The van der Waals surface area contributed by atoms with Gasteiger partial charge in [-0.05, 0) is 12.1 Å². The molecule has 0 aliphatic carbocycles. The summed E-state index contributed by atoms with van der Waals surface area (Å²) in [5.41, 5.74) is 1.54. The first-order chi connectivity index (χ1) is 7.76. The third-order valence-corrected chi connectivity index (χ3v) is 2.93. The molecule has 0 aromatic heterocycles. The highest BCUT2D eigenvalue weighted by Crippen LogP contribution is 2.22. The largest absolute Gasteiger partial charge is 0.396 e. The quantitative estimate of drug-likeness (QED) is 0.792. The first-order valence-corrected chi connectivity index (χ1v) is 5.43. The number of benzene rings is 1. The molecule has 4 nitrogen and oxygen atoms in total. The van der Waals surface area contributed by atoms with Crippen LogP contribution in [0.5, 0.6) is 0 Å². The summed E-state index contributed by atoms with van der Waals surface area (Å²) in [6, 6.07) is 7.46. The predicted molar refractivity (Wildman–Crippen MR) is 62.5 cm³/mol. The second kappa shape index (κ2) is 4.53. The molecule has 2 rings (SSSR count). The van der Waals surface area contributed by atoms with Crippen molar-refractivity contribution in [2.24, 2.45) is 5.92 Å². The lowest BCUT2D eigenvalue weighted by Gasteiger charge is -2.38. The van der Waals surface area contributed by atoms with Crippen molar-refractivity contribution in [1.29, 1.82) is 0 Å². The molecular formula is C12H16N2O2. The van der Waals surface area contributed by atoms with Gasteiger partial charge in [-0.15, -0.1) is 0 Å². The van der Waals surface area contributed by atoms with Gasteiger partial charge in [-0.3, -0.25) is 4.79 Å². The number of hydrogen-bond donors (Lipinski definition) is 2. The van der Waals surface area contributed by atoms with E-state index in [0.29, 0.717) is 18.7 Å². The van der Waals surface area contributed by atoms with Gasteiger partial charge in [0.15, 0.2) is 0 Å². The SMILES string of the molecule is CNc1ccccc1C(=O)N1CC(CO)C1. The molecule has 0 atom stereocenters. The first-order valence-electron chi connectivity index (χ1n) is 5.43. The van der Waals surface area contributed by atoms with Crippen LogP contribution in [-0.2, 0) is 0 Å². The second-order valence-corrected chi connectivity index (χ2v) is 4.05. The molecule has 1 fully saturated rings. The van der Waals surface area contributed by atoms with E-state index in [0.717, 1.165) is 5.69 Å². The molecule has 0 bridgehead atoms. The zero-order valence-corrected chi connectivity index (χ0v) is 9.31. The summed E-state index contributed by atoms with van der Waals surface area (Å²) in [5.74, 6) is 0.292. The zero-order chi connectivity index (χ0) is 11.5. The topological polar surface area (TPSA) is 52.6 Å². The van der Waals surface area contributed by atoms with Crippen LogP contribution in [0.1, 0.15) is 10.4 Å². The number of carbonyl (C=O) groups excluding carboxylic acids is 1. The number of likely N-dealkylation sites (tertiary alicyclic amines) is 1. The van der Waals surface area contributed by atoms with Gasteiger partial charge < -0.3 is 15.3 Å². The van der Waals surface area contributed by atoms with Gasteiger partial charge in [0, 0.05) is 38.3 Å². The lowest BCUT2D eigenvalue weighted by molar-refractivity contribution is 0.0363. The standard InChI is InChI=1S/C12H16N2O2/c1-13-11-5-3-2-4-10(11)12(16)14-6-9(7-14)8-15/h2-5,9,13,15H,6-8H2,1H3. The van der Waals surface area contributed by atoms with Gasteiger partial charge in [0.1, 0.15) is 0 Å². The van der Waals surface area contributed by atoms with Crippen molar-refractivity contribution in [3.8, 4) is 0 Å². The fourth-order valence-electron chi connectivity index (χ4n) is 1.91. The average Bonchev–Trinajstić information content (AvgIpc) is 2.27. The normalized spacial score (nSPS) is 15.8. The molecule has 1 heterocycles. The van der Waals surface area contributed by atoms with E-state index in [-0.39, 0.29) is 18.4 Å². The number of nitrogens with one attached hydrogen (secondary N) is 1. The molecule has 1 aromatic rings. The number of carbonyl (C=O) groups is 1. The van der Waals surface area contributed by atoms with Crippen LogP contribution in [0.15, 0.2) is 24.3 Å². The molecule has 1 aliphatic heterocycles. The summed E-state index contributed by atoms with van der Waals surface area (Å²) in [7, 11) is 1.80. The highest BCUT2D eigenvalue weighted by Gasteiger charge is 2.31. The average molecular weight is 220 g/mol. The summed E-state index contributed by atoms with van der Waals surface area (Å²) in [4.78, 5) is 13.8. The molecule has 0 saturated carbocycles. The van der Waals surface area contributed by atoms with Crippen LogP contribution in [0.2, 0.25) is 0 Å². The third kappa shape index (κ3) is 1.88. The van der Waals surface area contributed by atoms with Crippen molar-refractivity contribution in [3.63, 3.8) is 0 Å². The smallest absolute Gasteiger partial charge is 0.255 e. The fourth-order valence-corrected chi connectivity index (χ4v) is 1.91. The van der Waals surface area contributed by atoms with E-state index in [4.69, 9.17) is 5.11 Å². The van der Waals surface area contributed by atoms with Crippen LogP contribution in [0, 0.1) is 5.92 Å². The van der Waals surface area contributed by atoms with Crippen molar-refractivity contribution < 1.29 is 9.90 Å². The molecule has 0 unspecified atom stereocenters. The van der Waals surface area contributed by atoms with E-state index >= 15 is 0 Å². The molecule has 1 aliphatic rings. The zero-order valence-electron chi connectivity index (χ0n) is 9.31. The van der Waals surface area contributed by atoms with Crippen molar-refractivity contribution in [2.45, 2.75) is 0 Å². The Kier molecular flexibility index (Phi) is 3.10. The van der Waals surface area contributed by atoms with Gasteiger partial charge in [0.05, 0.1) is 5.56 Å². The van der Waals surface area contributed by atoms with E-state index in [9.17, 15) is 4.79 Å². The van der Waals surface area contributed by atoms with Crippen LogP contribution in [0.25, 0.3) is 0 Å². The van der Waals surface area contributed by atoms with Crippen molar-refractivity contribution in [1.82, 2.24) is 4.90 Å². The van der Waals surface area contributed by atoms with E-state index in [1.807, 2.05) is 24.3 Å². The molecule has 2 N–H and O–H groups in total. The molecule has 1 amide bonds. The van der Waals surface area contributed by atoms with Crippen LogP contribution >= 0.6 is 0 Å². The molecule has 86 valence electrons. The van der Waals surface area contributed by atoms with Gasteiger partial charge in [-0.1, -0.05) is 12.1 Å². The number of hydrogen-bond acceptors (Lipinski definition) is 3. The highest BCUT2D eigenvalue weighted by atomic mass is 16.3. The fraction of sp³-hybridized carbons (Fsp3) is 0.417. The van der Waals surface area contributed by atoms with Crippen LogP contribution in [-0.4, -0.2) is 42.7 Å². The second-order valence-electron chi connectivity index (χ2n) is 4.05. The number of aliphatic hydroxyl groups is 1. The van der Waals surface area contributed by atoms with E-state index < -0.39 is 0 Å². The molecule has 16 heavy (non-hydrogen) atoms. The Bertz CT molecular complexity index is 386. The van der Waals surface area contributed by atoms with Gasteiger partial charge >= 0.3 is 0 Å². The molecular weight excluding hydrogens is 204 g/mol. The first kappa shape index (κ1) is 11.0. The van der Waals surface area contributed by atoms with Gasteiger partial charge in [-0.2, -0.15) is 0 Å². The number of aliphatic hydroxyl groups excluding tert-OH is 1. The summed E-state index contributed by atoms with van der Waals surface area (Å²) < 4.78 is 0. The maximum Gasteiger partial charge on any atom is 0.255 e. The van der Waals surface area contributed by atoms with Crippen molar-refractivity contribution in [2.75, 3.05) is 32.1 Å². The predicted octanol–water partition coefficient (Wildman–Crippen LogP) is 0.793. The molecule has 1 saturated heterocycles. The van der Waals surface area contributed by atoms with Crippen LogP contribution in [0.3, 0.4) is 0 Å². The Balaban J connectivity index is 2.10. The van der Waals surface area contributed by atoms with Crippen molar-refractivity contribution in [3.05, 3.63) is 29.8 Å². The van der Waals surface area contributed by atoms with E-state index in [2.05, 4.69) is 5.32 Å². The van der Waals surface area contributed by atoms with E-state index in [1.165, 1.54) is 0 Å². The lowest BCUT2D eigenvalue weighted by atomic mass is 9.99. The highest BCUT2D eigenvalue weighted by molar-refractivity contribution is 5.99. The Morgan fingerprint density at radius 3 is 2.81 bits per heavy atom. The Hall–Kier alpha value is -1.55. The lowest BCUT2D eigenvalue weighted by Crippen LogP contribution is -2.51. The van der Waals surface area contributed by atoms with Gasteiger partial charge in [0.25, 0.3) is 5.91 Å². The van der Waals surface area contributed by atoms with Crippen LogP contribution < -0.4 is 5.32 Å². The summed E-state index contributed by atoms with van der Waals surface area (Å²) in [6.45, 7) is 1.48. The maximum absolute atomic E-state index is 12.1. The summed E-state index contributed by atoms with van der Waals surface area (Å²) in [5, 5.41) is 11.9. The molecule has 0 radical (unpaired) electrons. The number of anilines is 1. The van der Waals surface area contributed by atoms with E-state index in [1.54, 1.807) is 11.9 Å². The van der Waals surface area contributed by atoms with Crippen LogP contribution in [0.4, 0.5) is 5.69 Å². The summed E-state index contributed by atoms with van der Waals surface area (Å²) in [6.07, 6.45) is 0. The monoisotopic (exact) mass is 220 g/mol. The summed E-state index contributed by atoms with van der Waals surface area (Å²) >= 11 is 0. The minimum atomic E-state index is 0.0367. The Labute approximate surface area is 94.9 Å². The minimum Gasteiger partial charge on any atom is -0.396 e. The molecule has 1 aromatic carbocycles. The minimum absolute atomic E-state index is 0.0367. The van der Waals surface area contributed by atoms with Crippen molar-refractivity contribution >= 4 is 11.6 Å². The number of para-hydroxylation sites is 1. The number of rotatable bonds is 3.